The van der Waals surface area contributed by atoms with E-state index in [1.807, 2.05) is 55.5 Å². The molecule has 0 saturated carbocycles. The summed E-state index contributed by atoms with van der Waals surface area (Å²) in [7, 11) is -3.85. The van der Waals surface area contributed by atoms with Gasteiger partial charge in [0.05, 0.1) is 17.2 Å². The van der Waals surface area contributed by atoms with E-state index < -0.39 is 21.2 Å². The number of hydrogen-bond donors (Lipinski definition) is 2. The lowest BCUT2D eigenvalue weighted by Crippen LogP contribution is -2.29. The van der Waals surface area contributed by atoms with E-state index in [0.29, 0.717) is 18.1 Å². The van der Waals surface area contributed by atoms with E-state index >= 15 is 0 Å². The Morgan fingerprint density at radius 3 is 2.40 bits per heavy atom. The summed E-state index contributed by atoms with van der Waals surface area (Å²) in [5.41, 5.74) is 4.27. The second kappa shape index (κ2) is 13.6. The van der Waals surface area contributed by atoms with Gasteiger partial charge in [-0.1, -0.05) is 66.6 Å². The maximum atomic E-state index is 13.7. The molecular weight excluding hydrogens is 522 g/mol. The molecule has 0 aliphatic carbocycles. The number of ether oxygens (including phenoxy) is 1. The van der Waals surface area contributed by atoms with Crippen LogP contribution >= 0.6 is 0 Å². The first-order valence-corrected chi connectivity index (χ1v) is 14.5. The standard InChI is InChI=1S/C32H31N3O4S/c1-3-10-24-11-8-12-27(21-24)26-19-17-25(18-20-26)22-34-32(40(37,38)28-13-6-5-7-14-28)29-15-9-16-30(35-29)33-23-31(36)39-4-2/h5-9,11-21,32,34H,4,22-23H2,1-2H3,(H,33,35). The van der Waals surface area contributed by atoms with Gasteiger partial charge in [-0.25, -0.2) is 13.4 Å². The van der Waals surface area contributed by atoms with Crippen LogP contribution in [0.25, 0.3) is 11.1 Å². The number of anilines is 1. The van der Waals surface area contributed by atoms with E-state index in [1.165, 1.54) is 0 Å². The second-order valence-corrected chi connectivity index (χ2v) is 10.9. The number of rotatable bonds is 11. The van der Waals surface area contributed by atoms with E-state index in [9.17, 15) is 13.2 Å². The lowest BCUT2D eigenvalue weighted by Gasteiger charge is -2.20. The van der Waals surface area contributed by atoms with Crippen LogP contribution in [-0.2, 0) is 25.9 Å². The average molecular weight is 554 g/mol. The molecule has 0 bridgehead atoms. The largest absolute Gasteiger partial charge is 0.465 e. The average Bonchev–Trinajstić information content (AvgIpc) is 2.98. The molecule has 4 aromatic rings. The van der Waals surface area contributed by atoms with Crippen molar-refractivity contribution in [1.29, 1.82) is 0 Å². The Labute approximate surface area is 235 Å². The molecule has 0 fully saturated rings. The Kier molecular flexibility index (Phi) is 9.68. The fourth-order valence-corrected chi connectivity index (χ4v) is 5.70. The quantitative estimate of drug-likeness (QED) is 0.191. The summed E-state index contributed by atoms with van der Waals surface area (Å²) in [6.45, 7) is 4.03. The van der Waals surface area contributed by atoms with Gasteiger partial charge in [0.15, 0.2) is 15.2 Å². The third kappa shape index (κ3) is 7.35. The fraction of sp³-hybridized carbons (Fsp3) is 0.188. The van der Waals surface area contributed by atoms with E-state index in [-0.39, 0.29) is 18.0 Å². The van der Waals surface area contributed by atoms with Crippen molar-refractivity contribution in [1.82, 2.24) is 10.3 Å². The Morgan fingerprint density at radius 1 is 0.925 bits per heavy atom. The van der Waals surface area contributed by atoms with Gasteiger partial charge in [-0.05, 0) is 66.9 Å². The predicted molar refractivity (Wildman–Crippen MR) is 157 cm³/mol. The molecule has 204 valence electrons. The van der Waals surface area contributed by atoms with Crippen molar-refractivity contribution in [2.45, 2.75) is 30.7 Å². The summed E-state index contributed by atoms with van der Waals surface area (Å²) < 4.78 is 32.4. The van der Waals surface area contributed by atoms with Crippen LogP contribution in [-0.4, -0.2) is 32.5 Å². The number of carbonyl (C=O) groups excluding carboxylic acids is 1. The van der Waals surface area contributed by atoms with Crippen molar-refractivity contribution >= 4 is 21.6 Å². The molecule has 1 aromatic heterocycles. The molecule has 1 unspecified atom stereocenters. The number of carbonyl (C=O) groups is 1. The van der Waals surface area contributed by atoms with Gasteiger partial charge in [0.2, 0.25) is 0 Å². The van der Waals surface area contributed by atoms with Gasteiger partial charge in [0, 0.05) is 12.1 Å². The van der Waals surface area contributed by atoms with Gasteiger partial charge in [0.1, 0.15) is 12.4 Å². The highest BCUT2D eigenvalue weighted by Gasteiger charge is 2.30. The van der Waals surface area contributed by atoms with Gasteiger partial charge >= 0.3 is 5.97 Å². The number of esters is 1. The first kappa shape index (κ1) is 28.6. The second-order valence-electron chi connectivity index (χ2n) is 8.88. The zero-order valence-electron chi connectivity index (χ0n) is 22.4. The van der Waals surface area contributed by atoms with Crippen LogP contribution in [0, 0.1) is 11.8 Å². The van der Waals surface area contributed by atoms with Crippen LogP contribution in [0.2, 0.25) is 0 Å². The maximum Gasteiger partial charge on any atom is 0.325 e. The molecule has 2 N–H and O–H groups in total. The number of nitrogens with one attached hydrogen (secondary N) is 2. The topological polar surface area (TPSA) is 97.4 Å². The van der Waals surface area contributed by atoms with E-state index in [0.717, 1.165) is 22.3 Å². The van der Waals surface area contributed by atoms with E-state index in [4.69, 9.17) is 4.74 Å². The number of hydrogen-bond acceptors (Lipinski definition) is 7. The summed E-state index contributed by atoms with van der Waals surface area (Å²) in [6, 6.07) is 29.3. The molecule has 0 aliphatic heterocycles. The van der Waals surface area contributed by atoms with Crippen molar-refractivity contribution in [2.24, 2.45) is 0 Å². The lowest BCUT2D eigenvalue weighted by molar-refractivity contribution is -0.140. The third-order valence-electron chi connectivity index (χ3n) is 6.05. The molecular formula is C32H31N3O4S. The molecule has 1 atom stereocenters. The molecule has 0 saturated heterocycles. The fourth-order valence-electron chi connectivity index (χ4n) is 4.14. The van der Waals surface area contributed by atoms with Crippen molar-refractivity contribution in [3.63, 3.8) is 0 Å². The molecule has 40 heavy (non-hydrogen) atoms. The Bertz CT molecular complexity index is 1610. The zero-order valence-corrected chi connectivity index (χ0v) is 23.2. The summed E-state index contributed by atoms with van der Waals surface area (Å²) in [6.07, 6.45) is 0. The molecule has 1 heterocycles. The number of nitrogens with zero attached hydrogens (tertiary/aromatic N) is 1. The van der Waals surface area contributed by atoms with Gasteiger partial charge in [-0.3, -0.25) is 10.1 Å². The van der Waals surface area contributed by atoms with E-state index in [1.54, 1.807) is 55.5 Å². The first-order chi connectivity index (χ1) is 19.4. The summed E-state index contributed by atoms with van der Waals surface area (Å²) in [5.74, 6) is 5.95. The summed E-state index contributed by atoms with van der Waals surface area (Å²) >= 11 is 0. The Balaban J connectivity index is 1.57. The molecule has 8 heteroatoms. The van der Waals surface area contributed by atoms with Crippen LogP contribution in [0.1, 0.15) is 36.0 Å². The molecule has 4 rings (SSSR count). The van der Waals surface area contributed by atoms with E-state index in [2.05, 4.69) is 27.5 Å². The highest BCUT2D eigenvalue weighted by molar-refractivity contribution is 7.91. The predicted octanol–water partition coefficient (Wildman–Crippen LogP) is 5.36. The minimum Gasteiger partial charge on any atom is -0.465 e. The smallest absolute Gasteiger partial charge is 0.325 e. The molecule has 0 radical (unpaired) electrons. The number of aromatic nitrogens is 1. The SMILES string of the molecule is CC#Cc1cccc(-c2ccc(CNC(c3cccc(NCC(=O)OCC)n3)S(=O)(=O)c3ccccc3)cc2)c1. The highest BCUT2D eigenvalue weighted by Crippen LogP contribution is 2.27. The van der Waals surface area contributed by atoms with Crippen molar-refractivity contribution < 1.29 is 17.9 Å². The highest BCUT2D eigenvalue weighted by atomic mass is 32.2. The Morgan fingerprint density at radius 2 is 1.68 bits per heavy atom. The molecule has 0 amide bonds. The minimum atomic E-state index is -3.85. The van der Waals surface area contributed by atoms with Crippen LogP contribution in [0.15, 0.2) is 102 Å². The number of sulfone groups is 1. The van der Waals surface area contributed by atoms with Crippen LogP contribution < -0.4 is 10.6 Å². The molecule has 0 aliphatic rings. The Hall–Kier alpha value is -4.45. The summed E-state index contributed by atoms with van der Waals surface area (Å²) in [5, 5.41) is 4.98. The third-order valence-corrected chi connectivity index (χ3v) is 8.01. The van der Waals surface area contributed by atoms with Gasteiger partial charge in [-0.2, -0.15) is 0 Å². The van der Waals surface area contributed by atoms with Gasteiger partial charge in [-0.15, -0.1) is 5.92 Å². The lowest BCUT2D eigenvalue weighted by atomic mass is 10.0. The monoisotopic (exact) mass is 553 g/mol. The molecule has 0 spiro atoms. The molecule has 3 aromatic carbocycles. The van der Waals surface area contributed by atoms with Crippen LogP contribution in [0.5, 0.6) is 0 Å². The van der Waals surface area contributed by atoms with Crippen molar-refractivity contribution in [3.8, 4) is 23.0 Å². The van der Waals surface area contributed by atoms with Crippen LogP contribution in [0.3, 0.4) is 0 Å². The normalized spacial score (nSPS) is 11.7. The van der Waals surface area contributed by atoms with Gasteiger partial charge < -0.3 is 10.1 Å². The zero-order chi connectivity index (χ0) is 28.4. The number of pyridine rings is 1. The van der Waals surface area contributed by atoms with Crippen molar-refractivity contribution in [3.05, 3.63) is 114 Å². The minimum absolute atomic E-state index is 0.0753. The van der Waals surface area contributed by atoms with Crippen molar-refractivity contribution in [2.75, 3.05) is 18.5 Å². The van der Waals surface area contributed by atoms with Crippen LogP contribution in [0.4, 0.5) is 5.82 Å². The first-order valence-electron chi connectivity index (χ1n) is 12.9. The summed E-state index contributed by atoms with van der Waals surface area (Å²) in [4.78, 5) is 16.5. The number of benzene rings is 3. The van der Waals surface area contributed by atoms with Gasteiger partial charge in [0.25, 0.3) is 0 Å². The maximum absolute atomic E-state index is 13.7. The molecule has 7 nitrogen and oxygen atoms in total.